The van der Waals surface area contributed by atoms with E-state index in [9.17, 15) is 4.79 Å². The predicted molar refractivity (Wildman–Crippen MR) is 58.5 cm³/mol. The van der Waals surface area contributed by atoms with Gasteiger partial charge < -0.3 is 4.90 Å². The summed E-state index contributed by atoms with van der Waals surface area (Å²) in [6.45, 7) is 1.58. The van der Waals surface area contributed by atoms with Crippen LogP contribution in [0, 0.1) is 0 Å². The molecular weight excluding hydrogens is 230 g/mol. The van der Waals surface area contributed by atoms with Gasteiger partial charge in [-0.1, -0.05) is 15.9 Å². The van der Waals surface area contributed by atoms with Gasteiger partial charge >= 0.3 is 0 Å². The molecule has 13 heavy (non-hydrogen) atoms. The van der Waals surface area contributed by atoms with Gasteiger partial charge in [0.1, 0.15) is 0 Å². The van der Waals surface area contributed by atoms with Gasteiger partial charge in [0.25, 0.3) is 0 Å². The SMILES string of the molecule is CC(=O)c1ccc(Br)cc1N(C)C. The van der Waals surface area contributed by atoms with E-state index in [4.69, 9.17) is 0 Å². The van der Waals surface area contributed by atoms with Crippen molar-refractivity contribution in [2.75, 3.05) is 19.0 Å². The van der Waals surface area contributed by atoms with Crippen LogP contribution in [0.1, 0.15) is 17.3 Å². The number of Topliss-reactive ketones (excluding diaryl/α,β-unsaturated/α-hetero) is 1. The minimum Gasteiger partial charge on any atom is -0.377 e. The molecule has 0 spiro atoms. The molecule has 0 amide bonds. The monoisotopic (exact) mass is 241 g/mol. The highest BCUT2D eigenvalue weighted by molar-refractivity contribution is 9.10. The van der Waals surface area contributed by atoms with Crippen molar-refractivity contribution in [3.8, 4) is 0 Å². The summed E-state index contributed by atoms with van der Waals surface area (Å²) in [7, 11) is 3.85. The topological polar surface area (TPSA) is 20.3 Å². The molecule has 0 aromatic heterocycles. The molecule has 0 aliphatic heterocycles. The molecule has 0 unspecified atom stereocenters. The van der Waals surface area contributed by atoms with E-state index in [-0.39, 0.29) is 5.78 Å². The van der Waals surface area contributed by atoms with E-state index in [0.717, 1.165) is 15.7 Å². The second-order valence-corrected chi connectivity index (χ2v) is 4.03. The van der Waals surface area contributed by atoms with Gasteiger partial charge in [0.05, 0.1) is 0 Å². The molecule has 1 aromatic carbocycles. The number of rotatable bonds is 2. The van der Waals surface area contributed by atoms with Crippen molar-refractivity contribution >= 4 is 27.4 Å². The van der Waals surface area contributed by atoms with Crippen LogP contribution in [0.3, 0.4) is 0 Å². The highest BCUT2D eigenvalue weighted by atomic mass is 79.9. The van der Waals surface area contributed by atoms with Crippen molar-refractivity contribution in [2.45, 2.75) is 6.92 Å². The van der Waals surface area contributed by atoms with Gasteiger partial charge in [0.2, 0.25) is 0 Å². The van der Waals surface area contributed by atoms with Crippen molar-refractivity contribution in [1.82, 2.24) is 0 Å². The average molecular weight is 242 g/mol. The lowest BCUT2D eigenvalue weighted by molar-refractivity contribution is 0.101. The maximum atomic E-state index is 11.2. The summed E-state index contributed by atoms with van der Waals surface area (Å²) in [5, 5.41) is 0. The number of hydrogen-bond acceptors (Lipinski definition) is 2. The van der Waals surface area contributed by atoms with E-state index in [0.29, 0.717) is 0 Å². The van der Waals surface area contributed by atoms with Crippen molar-refractivity contribution in [3.05, 3.63) is 28.2 Å². The van der Waals surface area contributed by atoms with Gasteiger partial charge in [0, 0.05) is 29.8 Å². The van der Waals surface area contributed by atoms with Crippen molar-refractivity contribution < 1.29 is 4.79 Å². The van der Waals surface area contributed by atoms with Crippen LogP contribution in [-0.4, -0.2) is 19.9 Å². The maximum Gasteiger partial charge on any atom is 0.161 e. The molecule has 0 saturated heterocycles. The first kappa shape index (κ1) is 10.3. The number of carbonyl (C=O) groups excluding carboxylic acids is 1. The van der Waals surface area contributed by atoms with E-state index in [1.165, 1.54) is 0 Å². The number of benzene rings is 1. The zero-order valence-electron chi connectivity index (χ0n) is 7.97. The zero-order valence-corrected chi connectivity index (χ0v) is 9.55. The Kier molecular flexibility index (Phi) is 3.09. The normalized spacial score (nSPS) is 9.85. The minimum absolute atomic E-state index is 0.0937. The van der Waals surface area contributed by atoms with Gasteiger partial charge in [-0.05, 0) is 25.1 Å². The lowest BCUT2D eigenvalue weighted by Gasteiger charge is -2.16. The van der Waals surface area contributed by atoms with E-state index in [2.05, 4.69) is 15.9 Å². The summed E-state index contributed by atoms with van der Waals surface area (Å²) in [4.78, 5) is 13.2. The zero-order chi connectivity index (χ0) is 10.0. The number of ketones is 1. The third kappa shape index (κ3) is 2.31. The van der Waals surface area contributed by atoms with Gasteiger partial charge in [-0.2, -0.15) is 0 Å². The van der Waals surface area contributed by atoms with Gasteiger partial charge in [-0.15, -0.1) is 0 Å². The number of hydrogen-bond donors (Lipinski definition) is 0. The Morgan fingerprint density at radius 2 is 2.00 bits per heavy atom. The van der Waals surface area contributed by atoms with E-state index >= 15 is 0 Å². The Balaban J connectivity index is 3.26. The van der Waals surface area contributed by atoms with Crippen LogP contribution in [0.5, 0.6) is 0 Å². The van der Waals surface area contributed by atoms with E-state index in [1.54, 1.807) is 6.92 Å². The molecule has 0 radical (unpaired) electrons. The Bertz CT molecular complexity index is 334. The molecule has 2 nitrogen and oxygen atoms in total. The lowest BCUT2D eigenvalue weighted by atomic mass is 10.1. The van der Waals surface area contributed by atoms with Crippen molar-refractivity contribution in [1.29, 1.82) is 0 Å². The predicted octanol–water partition coefficient (Wildman–Crippen LogP) is 2.72. The van der Waals surface area contributed by atoms with Crippen LogP contribution in [0.15, 0.2) is 22.7 Å². The summed E-state index contributed by atoms with van der Waals surface area (Å²) in [6, 6.07) is 5.65. The molecule has 0 aliphatic rings. The molecule has 0 aliphatic carbocycles. The summed E-state index contributed by atoms with van der Waals surface area (Å²) in [6.07, 6.45) is 0. The van der Waals surface area contributed by atoms with Crippen molar-refractivity contribution in [3.63, 3.8) is 0 Å². The molecule has 0 saturated carbocycles. The fourth-order valence-corrected chi connectivity index (χ4v) is 1.52. The number of nitrogens with zero attached hydrogens (tertiary/aromatic N) is 1. The smallest absolute Gasteiger partial charge is 0.161 e. The molecule has 0 N–H and O–H groups in total. The van der Waals surface area contributed by atoms with Gasteiger partial charge in [-0.25, -0.2) is 0 Å². The highest BCUT2D eigenvalue weighted by Crippen LogP contribution is 2.23. The fraction of sp³-hybridized carbons (Fsp3) is 0.300. The summed E-state index contributed by atoms with van der Waals surface area (Å²) < 4.78 is 0.987. The number of halogens is 1. The summed E-state index contributed by atoms with van der Waals surface area (Å²) in [5.74, 6) is 0.0937. The van der Waals surface area contributed by atoms with Crippen LogP contribution in [0.4, 0.5) is 5.69 Å². The first-order valence-corrected chi connectivity index (χ1v) is 4.79. The first-order chi connectivity index (χ1) is 6.02. The molecular formula is C10H12BrNO. The first-order valence-electron chi connectivity index (χ1n) is 4.00. The van der Waals surface area contributed by atoms with Crippen LogP contribution in [0.25, 0.3) is 0 Å². The van der Waals surface area contributed by atoms with Crippen LogP contribution >= 0.6 is 15.9 Å². The largest absolute Gasteiger partial charge is 0.377 e. The molecule has 0 heterocycles. The second kappa shape index (κ2) is 3.92. The van der Waals surface area contributed by atoms with E-state index in [1.807, 2.05) is 37.2 Å². The lowest BCUT2D eigenvalue weighted by Crippen LogP contribution is -2.12. The van der Waals surface area contributed by atoms with Gasteiger partial charge in [-0.3, -0.25) is 4.79 Å². The fourth-order valence-electron chi connectivity index (χ4n) is 1.17. The number of anilines is 1. The quantitative estimate of drug-likeness (QED) is 0.743. The Morgan fingerprint density at radius 3 is 2.46 bits per heavy atom. The summed E-state index contributed by atoms with van der Waals surface area (Å²) >= 11 is 3.38. The van der Waals surface area contributed by atoms with E-state index < -0.39 is 0 Å². The average Bonchev–Trinajstić information content (AvgIpc) is 2.03. The molecule has 0 atom stereocenters. The number of carbonyl (C=O) groups is 1. The molecule has 1 rings (SSSR count). The standard InChI is InChI=1S/C10H12BrNO/c1-7(13)9-5-4-8(11)6-10(9)12(2)3/h4-6H,1-3H3. The summed E-state index contributed by atoms with van der Waals surface area (Å²) in [5.41, 5.74) is 1.70. The molecule has 0 bridgehead atoms. The van der Waals surface area contributed by atoms with Crippen LogP contribution in [0.2, 0.25) is 0 Å². The van der Waals surface area contributed by atoms with Crippen LogP contribution < -0.4 is 4.90 Å². The second-order valence-electron chi connectivity index (χ2n) is 3.11. The van der Waals surface area contributed by atoms with Crippen molar-refractivity contribution in [2.24, 2.45) is 0 Å². The van der Waals surface area contributed by atoms with Gasteiger partial charge in [0.15, 0.2) is 5.78 Å². The maximum absolute atomic E-state index is 11.2. The minimum atomic E-state index is 0.0937. The molecule has 3 heteroatoms. The third-order valence-electron chi connectivity index (χ3n) is 1.82. The third-order valence-corrected chi connectivity index (χ3v) is 2.31. The molecule has 70 valence electrons. The Labute approximate surface area is 86.7 Å². The molecule has 0 fully saturated rings. The Morgan fingerprint density at radius 1 is 1.38 bits per heavy atom. The Hall–Kier alpha value is -0.830. The molecule has 1 aromatic rings. The highest BCUT2D eigenvalue weighted by Gasteiger charge is 2.08. The van der Waals surface area contributed by atoms with Crippen LogP contribution in [-0.2, 0) is 0 Å².